The summed E-state index contributed by atoms with van der Waals surface area (Å²) >= 11 is 0.355. The Morgan fingerprint density at radius 3 is 1.87 bits per heavy atom. The van der Waals surface area contributed by atoms with Crippen LogP contribution in [-0.2, 0) is 17.1 Å². The second kappa shape index (κ2) is 6.23. The van der Waals surface area contributed by atoms with Gasteiger partial charge in [-0.05, 0) is 0 Å². The molecule has 2 rings (SSSR count). The second-order valence-corrected chi connectivity index (χ2v) is 6.59. The number of allylic oxidation sites excluding steroid dienone is 8. The molecule has 0 nitrogen and oxygen atoms in total. The van der Waals surface area contributed by atoms with E-state index < -0.39 is 0 Å². The molecule has 82 valence electrons. The third-order valence-corrected chi connectivity index (χ3v) is 5.17. The zero-order chi connectivity index (χ0) is 10.3. The van der Waals surface area contributed by atoms with Crippen molar-refractivity contribution < 1.29 is 17.1 Å². The van der Waals surface area contributed by atoms with E-state index in [4.69, 9.17) is 0 Å². The zero-order valence-electron chi connectivity index (χ0n) is 9.06. The molecule has 0 N–H and O–H groups in total. The van der Waals surface area contributed by atoms with E-state index >= 15 is 0 Å². The summed E-state index contributed by atoms with van der Waals surface area (Å²) in [6.07, 6.45) is 21.7. The number of rotatable bonds is 2. The first-order valence-corrected chi connectivity index (χ1v) is 7.53. The van der Waals surface area contributed by atoms with E-state index in [0.717, 1.165) is 0 Å². The third-order valence-electron chi connectivity index (χ3n) is 2.61. The molecule has 1 heteroatoms. The summed E-state index contributed by atoms with van der Waals surface area (Å²) in [5, 5.41) is 0. The van der Waals surface area contributed by atoms with Crippen LogP contribution in [0.5, 0.6) is 0 Å². The van der Waals surface area contributed by atoms with Gasteiger partial charge in [0.25, 0.3) is 0 Å². The summed E-state index contributed by atoms with van der Waals surface area (Å²) in [7, 11) is 0. The van der Waals surface area contributed by atoms with Crippen molar-refractivity contribution in [1.29, 1.82) is 0 Å². The molecule has 0 aliphatic heterocycles. The van der Waals surface area contributed by atoms with E-state index in [9.17, 15) is 0 Å². The van der Waals surface area contributed by atoms with Crippen molar-refractivity contribution in [3.63, 3.8) is 0 Å². The van der Waals surface area contributed by atoms with Crippen molar-refractivity contribution in [3.05, 3.63) is 44.8 Å². The maximum absolute atomic E-state index is 2.36. The average molecular weight is 287 g/mol. The standard InChI is InChI=1S/2C7H9.Ru/c2*1-2-4-6-7-5-3-1;/h2*1-3H,4,6-7H2;. The molecule has 0 unspecified atom stereocenters. The first-order valence-electron chi connectivity index (χ1n) is 5.79. The van der Waals surface area contributed by atoms with Gasteiger partial charge in [0.2, 0.25) is 0 Å². The molecule has 0 amide bonds. The van der Waals surface area contributed by atoms with Crippen molar-refractivity contribution >= 4 is 0 Å². The Labute approximate surface area is 100 Å². The van der Waals surface area contributed by atoms with Crippen molar-refractivity contribution in [3.8, 4) is 0 Å². The Kier molecular flexibility index (Phi) is 4.60. The zero-order valence-corrected chi connectivity index (χ0v) is 10.8. The summed E-state index contributed by atoms with van der Waals surface area (Å²) < 4.78 is 3.41. The van der Waals surface area contributed by atoms with Crippen LogP contribution in [0, 0.1) is 0 Å². The molecule has 0 radical (unpaired) electrons. The summed E-state index contributed by atoms with van der Waals surface area (Å²) in [5.74, 6) is 0. The molecule has 0 atom stereocenters. The molecule has 0 aromatic heterocycles. The fourth-order valence-electron chi connectivity index (χ4n) is 1.76. The monoisotopic (exact) mass is 288 g/mol. The van der Waals surface area contributed by atoms with Crippen LogP contribution in [-0.4, -0.2) is 0 Å². The van der Waals surface area contributed by atoms with Crippen LogP contribution in [0.25, 0.3) is 0 Å². The van der Waals surface area contributed by atoms with Crippen LogP contribution in [0.3, 0.4) is 0 Å². The second-order valence-electron chi connectivity index (χ2n) is 3.92. The summed E-state index contributed by atoms with van der Waals surface area (Å²) in [6, 6.07) is 0. The van der Waals surface area contributed by atoms with E-state index in [0.29, 0.717) is 17.1 Å². The Morgan fingerprint density at radius 1 is 0.800 bits per heavy atom. The molecule has 0 heterocycles. The van der Waals surface area contributed by atoms with Crippen molar-refractivity contribution in [2.24, 2.45) is 0 Å². The van der Waals surface area contributed by atoms with Crippen LogP contribution >= 0.6 is 0 Å². The van der Waals surface area contributed by atoms with Gasteiger partial charge in [0.15, 0.2) is 0 Å². The van der Waals surface area contributed by atoms with E-state index in [-0.39, 0.29) is 0 Å². The minimum atomic E-state index is 0.355. The Bertz CT molecular complexity index is 286. The van der Waals surface area contributed by atoms with Gasteiger partial charge in [0, 0.05) is 0 Å². The molecule has 0 saturated heterocycles. The van der Waals surface area contributed by atoms with Gasteiger partial charge in [-0.3, -0.25) is 0 Å². The van der Waals surface area contributed by atoms with Gasteiger partial charge in [0.1, 0.15) is 0 Å². The number of hydrogen-bond acceptors (Lipinski definition) is 0. The van der Waals surface area contributed by atoms with Gasteiger partial charge >= 0.3 is 100 Å². The van der Waals surface area contributed by atoms with Crippen molar-refractivity contribution in [1.82, 2.24) is 0 Å². The first kappa shape index (κ1) is 11.1. The van der Waals surface area contributed by atoms with E-state index in [1.54, 1.807) is 8.33 Å². The molecule has 0 aromatic carbocycles. The van der Waals surface area contributed by atoms with Gasteiger partial charge in [0.05, 0.1) is 0 Å². The van der Waals surface area contributed by atoms with Crippen molar-refractivity contribution in [2.75, 3.05) is 0 Å². The molecule has 2 aliphatic carbocycles. The molecule has 0 fully saturated rings. The third kappa shape index (κ3) is 3.91. The molecule has 0 saturated carbocycles. The predicted octanol–water partition coefficient (Wildman–Crippen LogP) is 4.32. The molecule has 15 heavy (non-hydrogen) atoms. The first-order chi connectivity index (χ1) is 7.45. The normalized spacial score (nSPS) is 21.9. The van der Waals surface area contributed by atoms with E-state index in [2.05, 4.69) is 36.5 Å². The predicted molar refractivity (Wildman–Crippen MR) is 62.1 cm³/mol. The van der Waals surface area contributed by atoms with E-state index in [1.807, 2.05) is 0 Å². The Morgan fingerprint density at radius 2 is 1.33 bits per heavy atom. The van der Waals surface area contributed by atoms with Gasteiger partial charge in [-0.1, -0.05) is 0 Å². The van der Waals surface area contributed by atoms with Gasteiger partial charge in [-0.2, -0.15) is 0 Å². The molecule has 0 bridgehead atoms. The fraction of sp³-hybridized carbons (Fsp3) is 0.429. The Hall–Kier alpha value is -0.417. The minimum absolute atomic E-state index is 0.355. The van der Waals surface area contributed by atoms with Crippen LogP contribution in [0.2, 0.25) is 0 Å². The van der Waals surface area contributed by atoms with Crippen molar-refractivity contribution in [2.45, 2.75) is 38.5 Å². The van der Waals surface area contributed by atoms with Crippen LogP contribution in [0.1, 0.15) is 38.5 Å². The molecule has 2 aliphatic rings. The van der Waals surface area contributed by atoms with Crippen LogP contribution in [0.15, 0.2) is 44.8 Å². The Balaban J connectivity index is 1.95. The van der Waals surface area contributed by atoms with Crippen LogP contribution < -0.4 is 0 Å². The summed E-state index contributed by atoms with van der Waals surface area (Å²) in [5.41, 5.74) is 0. The number of hydrogen-bond donors (Lipinski definition) is 0. The summed E-state index contributed by atoms with van der Waals surface area (Å²) in [6.45, 7) is 0. The van der Waals surface area contributed by atoms with E-state index in [1.165, 1.54) is 38.5 Å². The SMILES string of the molecule is C1=CCCC[C]([Ru][C]2=CC=CCCC2)=C1. The van der Waals surface area contributed by atoms with Gasteiger partial charge in [-0.15, -0.1) is 0 Å². The summed E-state index contributed by atoms with van der Waals surface area (Å²) in [4.78, 5) is 0. The maximum atomic E-state index is 2.36. The quantitative estimate of drug-likeness (QED) is 0.664. The van der Waals surface area contributed by atoms with Gasteiger partial charge in [-0.25, -0.2) is 0 Å². The molecular weight excluding hydrogens is 269 g/mol. The average Bonchev–Trinajstić information content (AvgIpc) is 2.63. The topological polar surface area (TPSA) is 0 Å². The molecular formula is C14H18Ru. The van der Waals surface area contributed by atoms with Gasteiger partial charge < -0.3 is 0 Å². The fourth-order valence-corrected chi connectivity index (χ4v) is 4.15. The molecule has 0 spiro atoms. The van der Waals surface area contributed by atoms with Crippen LogP contribution in [0.4, 0.5) is 0 Å². The molecule has 0 aromatic rings.